The van der Waals surface area contributed by atoms with E-state index in [0.717, 1.165) is 49.6 Å². The van der Waals surface area contributed by atoms with Crippen molar-refractivity contribution in [2.24, 2.45) is 5.92 Å². The number of nitrogens with one attached hydrogen (secondary N) is 1. The molecule has 30 heavy (non-hydrogen) atoms. The number of anilines is 1. The molecule has 0 spiro atoms. The van der Waals surface area contributed by atoms with Crippen LogP contribution in [0.1, 0.15) is 36.9 Å². The molecule has 3 aromatic rings. The molecule has 0 radical (unpaired) electrons. The first-order chi connectivity index (χ1) is 14.6. The van der Waals surface area contributed by atoms with Gasteiger partial charge in [0, 0.05) is 48.7 Å². The van der Waals surface area contributed by atoms with E-state index in [2.05, 4.69) is 38.1 Å². The fourth-order valence-corrected chi connectivity index (χ4v) is 4.80. The van der Waals surface area contributed by atoms with E-state index in [-0.39, 0.29) is 11.7 Å². The normalized spacial score (nSPS) is 17.2. The van der Waals surface area contributed by atoms with E-state index in [4.69, 9.17) is 0 Å². The Morgan fingerprint density at radius 1 is 1.37 bits per heavy atom. The van der Waals surface area contributed by atoms with E-state index in [1.807, 2.05) is 11.6 Å². The van der Waals surface area contributed by atoms with Crippen molar-refractivity contribution in [1.82, 2.24) is 14.5 Å². The number of halogens is 1. The zero-order valence-corrected chi connectivity index (χ0v) is 18.0. The highest BCUT2D eigenvalue weighted by Gasteiger charge is 2.22. The highest BCUT2D eigenvalue weighted by molar-refractivity contribution is 7.12. The Balaban J connectivity index is 1.28. The number of amides is 1. The molecule has 1 fully saturated rings. The average Bonchev–Trinajstić information content (AvgIpc) is 3.41. The molecule has 3 heterocycles. The van der Waals surface area contributed by atoms with Gasteiger partial charge in [0.1, 0.15) is 5.82 Å². The third-order valence-corrected chi connectivity index (χ3v) is 6.46. The number of aromatic nitrogens is 2. The minimum Gasteiger partial charge on any atom is -0.326 e. The lowest BCUT2D eigenvalue weighted by atomic mass is 9.93. The van der Waals surface area contributed by atoms with Crippen LogP contribution in [-0.2, 0) is 11.3 Å². The number of hydrogen-bond donors (Lipinski definition) is 1. The number of carbonyl (C=O) groups is 1. The van der Waals surface area contributed by atoms with Crippen molar-refractivity contribution in [2.45, 2.75) is 39.2 Å². The number of thiazole rings is 1. The molecule has 1 atom stereocenters. The number of benzene rings is 1. The highest BCUT2D eigenvalue weighted by Crippen LogP contribution is 2.24. The predicted molar refractivity (Wildman–Crippen MR) is 118 cm³/mol. The Labute approximate surface area is 180 Å². The van der Waals surface area contributed by atoms with Gasteiger partial charge in [0.25, 0.3) is 0 Å². The Morgan fingerprint density at radius 2 is 2.27 bits per heavy atom. The molecule has 2 aromatic heterocycles. The SMILES string of the molecule is Cc1cc(F)ccc1NC(=O)CCC1CCCN(Cc2cccn2-c2nccs2)C1. The van der Waals surface area contributed by atoms with Crippen molar-refractivity contribution in [2.75, 3.05) is 18.4 Å². The van der Waals surface area contributed by atoms with Crippen molar-refractivity contribution in [1.29, 1.82) is 0 Å². The van der Waals surface area contributed by atoms with Crippen LogP contribution in [0.2, 0.25) is 0 Å². The van der Waals surface area contributed by atoms with Crippen LogP contribution < -0.4 is 5.32 Å². The van der Waals surface area contributed by atoms with E-state index >= 15 is 0 Å². The summed E-state index contributed by atoms with van der Waals surface area (Å²) >= 11 is 1.64. The molecule has 158 valence electrons. The summed E-state index contributed by atoms with van der Waals surface area (Å²) in [6, 6.07) is 8.67. The Hall–Kier alpha value is -2.51. The van der Waals surface area contributed by atoms with Gasteiger partial charge in [-0.05, 0) is 74.5 Å². The van der Waals surface area contributed by atoms with Gasteiger partial charge in [0.2, 0.25) is 5.91 Å². The maximum atomic E-state index is 13.2. The van der Waals surface area contributed by atoms with E-state index in [1.165, 1.54) is 17.8 Å². The van der Waals surface area contributed by atoms with Gasteiger partial charge in [-0.1, -0.05) is 0 Å². The maximum Gasteiger partial charge on any atom is 0.224 e. The first kappa shape index (κ1) is 20.8. The summed E-state index contributed by atoms with van der Waals surface area (Å²) in [6.07, 6.45) is 7.58. The lowest BCUT2D eigenvalue weighted by molar-refractivity contribution is -0.116. The molecule has 5 nitrogen and oxygen atoms in total. The first-order valence-electron chi connectivity index (χ1n) is 10.4. The molecule has 0 bridgehead atoms. The quantitative estimate of drug-likeness (QED) is 0.578. The number of carbonyl (C=O) groups excluding carboxylic acids is 1. The van der Waals surface area contributed by atoms with Crippen LogP contribution in [0.15, 0.2) is 48.1 Å². The zero-order chi connectivity index (χ0) is 20.9. The second kappa shape index (κ2) is 9.53. The molecule has 1 aliphatic heterocycles. The molecule has 1 N–H and O–H groups in total. The fraction of sp³-hybridized carbons (Fsp3) is 0.391. The number of rotatable bonds is 7. The van der Waals surface area contributed by atoms with E-state index in [9.17, 15) is 9.18 Å². The van der Waals surface area contributed by atoms with Crippen LogP contribution in [0.5, 0.6) is 0 Å². The summed E-state index contributed by atoms with van der Waals surface area (Å²) in [6.45, 7) is 4.79. The molecule has 1 amide bonds. The van der Waals surface area contributed by atoms with Gasteiger partial charge in [-0.3, -0.25) is 14.3 Å². The summed E-state index contributed by atoms with van der Waals surface area (Å²) in [5.41, 5.74) is 2.68. The summed E-state index contributed by atoms with van der Waals surface area (Å²) in [5, 5.41) is 5.91. The zero-order valence-electron chi connectivity index (χ0n) is 17.2. The number of nitrogens with zero attached hydrogens (tertiary/aromatic N) is 3. The second-order valence-electron chi connectivity index (χ2n) is 7.97. The number of hydrogen-bond acceptors (Lipinski definition) is 4. The van der Waals surface area contributed by atoms with Crippen LogP contribution >= 0.6 is 11.3 Å². The average molecular weight is 427 g/mol. The number of aryl methyl sites for hydroxylation is 1. The van der Waals surface area contributed by atoms with Gasteiger partial charge in [-0.25, -0.2) is 9.37 Å². The van der Waals surface area contributed by atoms with E-state index < -0.39 is 0 Å². The van der Waals surface area contributed by atoms with Gasteiger partial charge in [0.05, 0.1) is 0 Å². The number of piperidine rings is 1. The molecule has 1 saturated heterocycles. The smallest absolute Gasteiger partial charge is 0.224 e. The Kier molecular flexibility index (Phi) is 6.59. The summed E-state index contributed by atoms with van der Waals surface area (Å²) in [7, 11) is 0. The highest BCUT2D eigenvalue weighted by atomic mass is 32.1. The second-order valence-corrected chi connectivity index (χ2v) is 8.85. The van der Waals surface area contributed by atoms with Crippen molar-refractivity contribution in [3.05, 3.63) is 65.2 Å². The minimum absolute atomic E-state index is 0.000484. The molecule has 1 aliphatic rings. The van der Waals surface area contributed by atoms with Gasteiger partial charge >= 0.3 is 0 Å². The van der Waals surface area contributed by atoms with Gasteiger partial charge < -0.3 is 5.32 Å². The predicted octanol–water partition coefficient (Wildman–Crippen LogP) is 5.01. The van der Waals surface area contributed by atoms with Crippen LogP contribution in [0.25, 0.3) is 5.13 Å². The van der Waals surface area contributed by atoms with Crippen LogP contribution in [0.3, 0.4) is 0 Å². The van der Waals surface area contributed by atoms with Crippen molar-refractivity contribution in [3.63, 3.8) is 0 Å². The molecule has 1 unspecified atom stereocenters. The standard InChI is InChI=1S/C23H27FN4OS/c1-17-14-19(24)7-8-21(17)26-22(29)9-6-18-4-2-11-27(15-18)16-20-5-3-12-28(20)23-25-10-13-30-23/h3,5,7-8,10,12-14,18H,2,4,6,9,11,15-16H2,1H3,(H,26,29). The Bertz CT molecular complexity index is 985. The third-order valence-electron chi connectivity index (χ3n) is 5.69. The molecule has 0 saturated carbocycles. The minimum atomic E-state index is -0.284. The van der Waals surface area contributed by atoms with Gasteiger partial charge in [0.15, 0.2) is 5.13 Å². The van der Waals surface area contributed by atoms with Crippen molar-refractivity contribution in [3.8, 4) is 5.13 Å². The number of likely N-dealkylation sites (tertiary alicyclic amines) is 1. The molecular weight excluding hydrogens is 399 g/mol. The lowest BCUT2D eigenvalue weighted by Crippen LogP contribution is -2.35. The van der Waals surface area contributed by atoms with E-state index in [0.29, 0.717) is 18.0 Å². The molecule has 1 aromatic carbocycles. The summed E-state index contributed by atoms with van der Waals surface area (Å²) in [4.78, 5) is 19.3. The van der Waals surface area contributed by atoms with E-state index in [1.54, 1.807) is 24.3 Å². The molecular formula is C23H27FN4OS. The fourth-order valence-electron chi connectivity index (χ4n) is 4.14. The van der Waals surface area contributed by atoms with Crippen LogP contribution in [0.4, 0.5) is 10.1 Å². The third kappa shape index (κ3) is 5.15. The van der Waals surface area contributed by atoms with Gasteiger partial charge in [-0.15, -0.1) is 11.3 Å². The first-order valence-corrected chi connectivity index (χ1v) is 11.3. The summed E-state index contributed by atoms with van der Waals surface area (Å²) in [5.74, 6) is 0.232. The molecule has 4 rings (SSSR count). The van der Waals surface area contributed by atoms with Crippen LogP contribution in [0, 0.1) is 18.7 Å². The topological polar surface area (TPSA) is 50.2 Å². The van der Waals surface area contributed by atoms with Gasteiger partial charge in [-0.2, -0.15) is 0 Å². The molecule has 0 aliphatic carbocycles. The maximum absolute atomic E-state index is 13.2. The molecule has 7 heteroatoms. The van der Waals surface area contributed by atoms with Crippen molar-refractivity contribution < 1.29 is 9.18 Å². The lowest BCUT2D eigenvalue weighted by Gasteiger charge is -2.32. The Morgan fingerprint density at radius 3 is 3.07 bits per heavy atom. The van der Waals surface area contributed by atoms with Crippen LogP contribution in [-0.4, -0.2) is 33.4 Å². The summed E-state index contributed by atoms with van der Waals surface area (Å²) < 4.78 is 15.4. The monoisotopic (exact) mass is 426 g/mol. The van der Waals surface area contributed by atoms with Crippen molar-refractivity contribution >= 4 is 22.9 Å². The largest absolute Gasteiger partial charge is 0.326 e.